The molecule has 0 spiro atoms. The molecule has 1 saturated heterocycles. The molecule has 2 rings (SSSR count). The highest BCUT2D eigenvalue weighted by Crippen LogP contribution is 2.28. The lowest BCUT2D eigenvalue weighted by atomic mass is 10.0. The maximum Gasteiger partial charge on any atom is 0.260 e. The van der Waals surface area contributed by atoms with Gasteiger partial charge in [0.25, 0.3) is 5.91 Å². The maximum absolute atomic E-state index is 12.4. The summed E-state index contributed by atoms with van der Waals surface area (Å²) in [5, 5.41) is 3.74. The molecule has 0 saturated carbocycles. The van der Waals surface area contributed by atoms with Crippen molar-refractivity contribution >= 4 is 33.4 Å². The van der Waals surface area contributed by atoms with Gasteiger partial charge in [0.1, 0.15) is 5.75 Å². The lowest BCUT2D eigenvalue weighted by Gasteiger charge is -2.32. The molecule has 4 nitrogen and oxygen atoms in total. The van der Waals surface area contributed by atoms with Gasteiger partial charge in [-0.3, -0.25) is 4.79 Å². The Morgan fingerprint density at radius 3 is 2.79 bits per heavy atom. The predicted molar refractivity (Wildman–Crippen MR) is 102 cm³/mol. The molecule has 0 radical (unpaired) electrons. The second kappa shape index (κ2) is 9.64. The molecule has 1 aromatic rings. The smallest absolute Gasteiger partial charge is 0.260 e. The van der Waals surface area contributed by atoms with Crippen LogP contribution in [0, 0.1) is 0 Å². The quantitative estimate of drug-likeness (QED) is 0.721. The van der Waals surface area contributed by atoms with Crippen molar-refractivity contribution in [1.82, 2.24) is 10.2 Å². The number of benzene rings is 1. The first-order valence-corrected chi connectivity index (χ1v) is 9.81. The summed E-state index contributed by atoms with van der Waals surface area (Å²) in [7, 11) is 0. The summed E-state index contributed by atoms with van der Waals surface area (Å²) in [5.74, 6) is 0.556. The third-order valence-corrected chi connectivity index (χ3v) is 5.18. The van der Waals surface area contributed by atoms with E-state index in [-0.39, 0.29) is 11.9 Å². The Kier molecular flexibility index (Phi) is 7.85. The van der Waals surface area contributed by atoms with Gasteiger partial charge in [-0.25, -0.2) is 0 Å². The molecule has 1 fully saturated rings. The Morgan fingerprint density at radius 2 is 2.17 bits per heavy atom. The van der Waals surface area contributed by atoms with Crippen LogP contribution >= 0.6 is 27.5 Å². The summed E-state index contributed by atoms with van der Waals surface area (Å²) in [6.45, 7) is 7.27. The normalized spacial score (nSPS) is 17.5. The second-order valence-corrected chi connectivity index (χ2v) is 7.60. The van der Waals surface area contributed by atoms with Gasteiger partial charge in [-0.15, -0.1) is 0 Å². The molecule has 6 heteroatoms. The van der Waals surface area contributed by atoms with Gasteiger partial charge in [-0.05, 0) is 66.9 Å². The predicted octanol–water partition coefficient (Wildman–Crippen LogP) is 4.25. The molecule has 1 aliphatic heterocycles. The van der Waals surface area contributed by atoms with Crippen LogP contribution in [0.3, 0.4) is 0 Å². The van der Waals surface area contributed by atoms with E-state index in [4.69, 9.17) is 16.3 Å². The van der Waals surface area contributed by atoms with E-state index in [2.05, 4.69) is 33.1 Å². The molecule has 1 heterocycles. The van der Waals surface area contributed by atoms with Crippen molar-refractivity contribution in [2.45, 2.75) is 51.7 Å². The maximum atomic E-state index is 12.4. The fourth-order valence-corrected chi connectivity index (χ4v) is 3.59. The Morgan fingerprint density at radius 1 is 1.46 bits per heavy atom. The number of ether oxygens (including phenoxy) is 1. The summed E-state index contributed by atoms with van der Waals surface area (Å²) in [6, 6.07) is 5.52. The standard InChI is InChI=1S/C18H26BrClN2O2/c1-3-4-9-22-10-7-15(8-11-22)21-18(23)13(2)24-17-6-5-14(20)12-16(17)19/h5-6,12-13,15H,3-4,7-11H2,1-2H3,(H,21,23). The second-order valence-electron chi connectivity index (χ2n) is 6.31. The van der Waals surface area contributed by atoms with E-state index in [1.54, 1.807) is 25.1 Å². The topological polar surface area (TPSA) is 41.6 Å². The first kappa shape index (κ1) is 19.5. The zero-order valence-electron chi connectivity index (χ0n) is 14.4. The van der Waals surface area contributed by atoms with Crippen molar-refractivity contribution in [1.29, 1.82) is 0 Å². The van der Waals surface area contributed by atoms with Gasteiger partial charge in [0.05, 0.1) is 4.47 Å². The number of unbranched alkanes of at least 4 members (excludes halogenated alkanes) is 1. The van der Waals surface area contributed by atoms with Crippen molar-refractivity contribution < 1.29 is 9.53 Å². The summed E-state index contributed by atoms with van der Waals surface area (Å²) >= 11 is 9.32. The monoisotopic (exact) mass is 416 g/mol. The number of rotatable bonds is 7. The number of piperidine rings is 1. The number of hydrogen-bond donors (Lipinski definition) is 1. The van der Waals surface area contributed by atoms with Crippen molar-refractivity contribution in [3.8, 4) is 5.75 Å². The number of carbonyl (C=O) groups is 1. The van der Waals surface area contributed by atoms with Crippen LogP contribution < -0.4 is 10.1 Å². The molecular weight excluding hydrogens is 392 g/mol. The van der Waals surface area contributed by atoms with Crippen molar-refractivity contribution in [3.05, 3.63) is 27.7 Å². The van der Waals surface area contributed by atoms with Crippen LogP contribution in [-0.2, 0) is 4.79 Å². The van der Waals surface area contributed by atoms with Gasteiger partial charge in [-0.1, -0.05) is 24.9 Å². The minimum Gasteiger partial charge on any atom is -0.480 e. The van der Waals surface area contributed by atoms with Crippen LogP contribution in [0.25, 0.3) is 0 Å². The van der Waals surface area contributed by atoms with Gasteiger partial charge >= 0.3 is 0 Å². The number of nitrogens with one attached hydrogen (secondary N) is 1. The summed E-state index contributed by atoms with van der Waals surface area (Å²) in [6.07, 6.45) is 3.95. The molecule has 0 aliphatic carbocycles. The van der Waals surface area contributed by atoms with Crippen LogP contribution in [0.15, 0.2) is 22.7 Å². The van der Waals surface area contributed by atoms with E-state index in [1.807, 2.05) is 0 Å². The molecular formula is C18H26BrClN2O2. The van der Waals surface area contributed by atoms with Crippen LogP contribution in [0.5, 0.6) is 5.75 Å². The molecule has 134 valence electrons. The van der Waals surface area contributed by atoms with Crippen LogP contribution in [0.4, 0.5) is 0 Å². The van der Waals surface area contributed by atoms with Crippen molar-refractivity contribution in [2.24, 2.45) is 0 Å². The van der Waals surface area contributed by atoms with Crippen LogP contribution in [0.2, 0.25) is 5.02 Å². The lowest BCUT2D eigenvalue weighted by molar-refractivity contribution is -0.128. The molecule has 1 amide bonds. The number of amides is 1. The summed E-state index contributed by atoms with van der Waals surface area (Å²) in [4.78, 5) is 14.8. The Balaban J connectivity index is 1.78. The van der Waals surface area contributed by atoms with Crippen molar-refractivity contribution in [3.63, 3.8) is 0 Å². The van der Waals surface area contributed by atoms with Crippen LogP contribution in [-0.4, -0.2) is 42.6 Å². The fourth-order valence-electron chi connectivity index (χ4n) is 2.82. The highest BCUT2D eigenvalue weighted by atomic mass is 79.9. The summed E-state index contributed by atoms with van der Waals surface area (Å²) < 4.78 is 6.50. The van der Waals surface area contributed by atoms with E-state index in [0.717, 1.165) is 30.4 Å². The highest BCUT2D eigenvalue weighted by molar-refractivity contribution is 9.10. The Labute approximate surface area is 158 Å². The van der Waals surface area contributed by atoms with Gasteiger partial charge in [0.2, 0.25) is 0 Å². The first-order chi connectivity index (χ1) is 11.5. The largest absolute Gasteiger partial charge is 0.480 e. The highest BCUT2D eigenvalue weighted by Gasteiger charge is 2.23. The van der Waals surface area contributed by atoms with E-state index in [1.165, 1.54) is 19.4 Å². The van der Waals surface area contributed by atoms with Gasteiger partial charge in [0, 0.05) is 24.2 Å². The Bertz CT molecular complexity index is 548. The van der Waals surface area contributed by atoms with Crippen molar-refractivity contribution in [2.75, 3.05) is 19.6 Å². The zero-order valence-corrected chi connectivity index (χ0v) is 16.7. The lowest BCUT2D eigenvalue weighted by Crippen LogP contribution is -2.48. The molecule has 24 heavy (non-hydrogen) atoms. The SMILES string of the molecule is CCCCN1CCC(NC(=O)C(C)Oc2ccc(Cl)cc2Br)CC1. The van der Waals surface area contributed by atoms with E-state index in [9.17, 15) is 4.79 Å². The van der Waals surface area contributed by atoms with E-state index >= 15 is 0 Å². The molecule has 1 aromatic carbocycles. The van der Waals surface area contributed by atoms with Gasteiger partial charge < -0.3 is 15.0 Å². The minimum atomic E-state index is -0.541. The zero-order chi connectivity index (χ0) is 17.5. The number of halogens is 2. The number of carbonyl (C=O) groups excluding carboxylic acids is 1. The van der Waals surface area contributed by atoms with Crippen LogP contribution in [0.1, 0.15) is 39.5 Å². The molecule has 0 bridgehead atoms. The third-order valence-electron chi connectivity index (χ3n) is 4.33. The molecule has 1 N–H and O–H groups in total. The molecule has 1 unspecified atom stereocenters. The summed E-state index contributed by atoms with van der Waals surface area (Å²) in [5.41, 5.74) is 0. The number of nitrogens with zero attached hydrogens (tertiary/aromatic N) is 1. The number of likely N-dealkylation sites (tertiary alicyclic amines) is 1. The fraction of sp³-hybridized carbons (Fsp3) is 0.611. The Hall–Kier alpha value is -0.780. The average Bonchev–Trinajstić information content (AvgIpc) is 2.56. The minimum absolute atomic E-state index is 0.0659. The van der Waals surface area contributed by atoms with Gasteiger partial charge in [-0.2, -0.15) is 0 Å². The number of hydrogen-bond acceptors (Lipinski definition) is 3. The average molecular weight is 418 g/mol. The molecule has 1 atom stereocenters. The molecule has 0 aromatic heterocycles. The van der Waals surface area contributed by atoms with E-state index in [0.29, 0.717) is 10.8 Å². The first-order valence-electron chi connectivity index (χ1n) is 8.64. The van der Waals surface area contributed by atoms with Gasteiger partial charge in [0.15, 0.2) is 6.10 Å². The van der Waals surface area contributed by atoms with E-state index < -0.39 is 6.10 Å². The molecule has 1 aliphatic rings. The third kappa shape index (κ3) is 5.94.